The van der Waals surface area contributed by atoms with Gasteiger partial charge in [0.25, 0.3) is 0 Å². The molecule has 1 N–H and O–H groups in total. The molecule has 0 aliphatic rings. The van der Waals surface area contributed by atoms with Crippen molar-refractivity contribution in [3.63, 3.8) is 0 Å². The monoisotopic (exact) mass is 312 g/mol. The molecule has 1 rings (SSSR count). The van der Waals surface area contributed by atoms with E-state index in [0.717, 1.165) is 30.8 Å². The third-order valence-corrected chi connectivity index (χ3v) is 3.40. The van der Waals surface area contributed by atoms with Gasteiger partial charge in [-0.3, -0.25) is 4.99 Å². The maximum atomic E-state index is 6.13. The summed E-state index contributed by atoms with van der Waals surface area (Å²) in [5.74, 6) is 1.20. The Balaban J connectivity index is 3.10. The molecule has 0 aliphatic carbocycles. The summed E-state index contributed by atoms with van der Waals surface area (Å²) in [5.41, 5.74) is 3.48. The highest BCUT2D eigenvalue weighted by Gasteiger charge is 2.10. The predicted octanol–water partition coefficient (Wildman–Crippen LogP) is 4.76. The molecular formula is C16H22Cl2N2. The second-order valence-electron chi connectivity index (χ2n) is 4.68. The van der Waals surface area contributed by atoms with Gasteiger partial charge in [0, 0.05) is 18.0 Å². The standard InChI is InChI=1S/C16H22Cl2N2/c1-4-5-11-19-16(20-14(18)9-10-17)15-12(2)7-6-8-13(15)3/h6-9H,4-5,10-11H2,1-3H3,(H,19,20)/b14-9+. The SMILES string of the molecule is CCCCN=C(N/C(Cl)=C/CCl)c1c(C)cccc1C. The van der Waals surface area contributed by atoms with Gasteiger partial charge in [-0.25, -0.2) is 0 Å². The fourth-order valence-corrected chi connectivity index (χ4v) is 2.35. The van der Waals surface area contributed by atoms with Crippen LogP contribution in [0.2, 0.25) is 0 Å². The maximum Gasteiger partial charge on any atom is 0.133 e. The zero-order valence-corrected chi connectivity index (χ0v) is 13.9. The van der Waals surface area contributed by atoms with Crippen molar-refractivity contribution in [2.45, 2.75) is 33.6 Å². The Kier molecular flexibility index (Phi) is 7.71. The average molecular weight is 313 g/mol. The molecule has 0 radical (unpaired) electrons. The van der Waals surface area contributed by atoms with Gasteiger partial charge in [0.05, 0.1) is 0 Å². The number of hydrogen-bond donors (Lipinski definition) is 1. The molecule has 1 aromatic rings. The number of allylic oxidation sites excluding steroid dienone is 1. The van der Waals surface area contributed by atoms with Crippen LogP contribution >= 0.6 is 23.2 Å². The molecule has 1 aromatic carbocycles. The second-order valence-corrected chi connectivity index (χ2v) is 5.40. The smallest absolute Gasteiger partial charge is 0.133 e. The largest absolute Gasteiger partial charge is 0.331 e. The summed E-state index contributed by atoms with van der Waals surface area (Å²) in [6.45, 7) is 7.11. The number of nitrogens with one attached hydrogen (secondary N) is 1. The van der Waals surface area contributed by atoms with Crippen LogP contribution in [0, 0.1) is 13.8 Å². The average Bonchev–Trinajstić information content (AvgIpc) is 2.38. The van der Waals surface area contributed by atoms with Gasteiger partial charge in [0.15, 0.2) is 0 Å². The van der Waals surface area contributed by atoms with Crippen molar-refractivity contribution < 1.29 is 0 Å². The van der Waals surface area contributed by atoms with E-state index in [-0.39, 0.29) is 0 Å². The lowest BCUT2D eigenvalue weighted by Gasteiger charge is -2.14. The van der Waals surface area contributed by atoms with E-state index >= 15 is 0 Å². The number of amidine groups is 1. The Morgan fingerprint density at radius 1 is 1.30 bits per heavy atom. The molecule has 110 valence electrons. The number of rotatable bonds is 6. The topological polar surface area (TPSA) is 24.4 Å². The van der Waals surface area contributed by atoms with Gasteiger partial charge >= 0.3 is 0 Å². The number of benzene rings is 1. The number of halogens is 2. The number of nitrogens with zero attached hydrogens (tertiary/aromatic N) is 1. The fourth-order valence-electron chi connectivity index (χ4n) is 1.95. The van der Waals surface area contributed by atoms with Crippen LogP contribution in [0.25, 0.3) is 0 Å². The molecule has 2 nitrogen and oxygen atoms in total. The Labute approximate surface area is 131 Å². The van der Waals surface area contributed by atoms with E-state index in [1.807, 2.05) is 6.07 Å². The van der Waals surface area contributed by atoms with Crippen LogP contribution in [0.5, 0.6) is 0 Å². The van der Waals surface area contributed by atoms with Gasteiger partial charge in [0.2, 0.25) is 0 Å². The molecule has 0 heterocycles. The van der Waals surface area contributed by atoms with Crippen LogP contribution in [-0.2, 0) is 0 Å². The summed E-state index contributed by atoms with van der Waals surface area (Å²) >= 11 is 11.8. The molecular weight excluding hydrogens is 291 g/mol. The number of unbranched alkanes of at least 4 members (excludes halogenated alkanes) is 1. The quantitative estimate of drug-likeness (QED) is 0.264. The fraction of sp³-hybridized carbons (Fsp3) is 0.438. The van der Waals surface area contributed by atoms with Crippen LogP contribution < -0.4 is 5.32 Å². The molecule has 0 saturated heterocycles. The molecule has 0 spiro atoms. The van der Waals surface area contributed by atoms with Crippen LogP contribution in [-0.4, -0.2) is 18.3 Å². The summed E-state index contributed by atoms with van der Waals surface area (Å²) < 4.78 is 0. The van der Waals surface area contributed by atoms with Crippen molar-refractivity contribution in [2.75, 3.05) is 12.4 Å². The Hall–Kier alpha value is -0.990. The van der Waals surface area contributed by atoms with Crippen molar-refractivity contribution in [2.24, 2.45) is 4.99 Å². The number of hydrogen-bond acceptors (Lipinski definition) is 1. The molecule has 0 unspecified atom stereocenters. The number of aliphatic imine (C=N–C) groups is 1. The second kappa shape index (κ2) is 9.04. The van der Waals surface area contributed by atoms with Crippen LogP contribution in [0.1, 0.15) is 36.5 Å². The van der Waals surface area contributed by atoms with Crippen molar-refractivity contribution in [3.05, 3.63) is 46.1 Å². The summed E-state index contributed by atoms with van der Waals surface area (Å²) in [6, 6.07) is 6.21. The molecule has 0 bridgehead atoms. The number of alkyl halides is 1. The van der Waals surface area contributed by atoms with Gasteiger partial charge in [-0.15, -0.1) is 11.6 Å². The Morgan fingerprint density at radius 3 is 2.50 bits per heavy atom. The van der Waals surface area contributed by atoms with E-state index in [0.29, 0.717) is 11.0 Å². The first-order chi connectivity index (χ1) is 9.60. The normalized spacial score (nSPS) is 12.7. The lowest BCUT2D eigenvalue weighted by atomic mass is 10.0. The third-order valence-electron chi connectivity index (χ3n) is 2.99. The van der Waals surface area contributed by atoms with Crippen LogP contribution in [0.4, 0.5) is 0 Å². The summed E-state index contributed by atoms with van der Waals surface area (Å²) in [4.78, 5) is 4.66. The van der Waals surface area contributed by atoms with E-state index in [2.05, 4.69) is 43.2 Å². The minimum Gasteiger partial charge on any atom is -0.331 e. The molecule has 0 atom stereocenters. The van der Waals surface area contributed by atoms with E-state index in [1.54, 1.807) is 6.08 Å². The van der Waals surface area contributed by atoms with E-state index in [4.69, 9.17) is 23.2 Å². The van der Waals surface area contributed by atoms with Crippen molar-refractivity contribution in [1.29, 1.82) is 0 Å². The van der Waals surface area contributed by atoms with E-state index in [9.17, 15) is 0 Å². The maximum absolute atomic E-state index is 6.13. The highest BCUT2D eigenvalue weighted by atomic mass is 35.5. The van der Waals surface area contributed by atoms with Gasteiger partial charge in [0.1, 0.15) is 11.0 Å². The minimum atomic E-state index is 0.376. The summed E-state index contributed by atoms with van der Waals surface area (Å²) in [5, 5.41) is 3.68. The van der Waals surface area contributed by atoms with Gasteiger partial charge in [-0.1, -0.05) is 43.1 Å². The molecule has 0 saturated carbocycles. The van der Waals surface area contributed by atoms with Crippen LogP contribution in [0.15, 0.2) is 34.4 Å². The zero-order valence-electron chi connectivity index (χ0n) is 12.3. The molecule has 0 aliphatic heterocycles. The minimum absolute atomic E-state index is 0.376. The lowest BCUT2D eigenvalue weighted by Crippen LogP contribution is -2.24. The predicted molar refractivity (Wildman–Crippen MR) is 90.0 cm³/mol. The van der Waals surface area contributed by atoms with Crippen molar-refractivity contribution in [1.82, 2.24) is 5.32 Å². The molecule has 4 heteroatoms. The lowest BCUT2D eigenvalue weighted by molar-refractivity contribution is 0.805. The zero-order chi connectivity index (χ0) is 15.0. The van der Waals surface area contributed by atoms with Crippen molar-refractivity contribution in [3.8, 4) is 0 Å². The number of aryl methyl sites for hydroxylation is 2. The van der Waals surface area contributed by atoms with Gasteiger partial charge in [-0.2, -0.15) is 0 Å². The molecule has 0 aromatic heterocycles. The first kappa shape index (κ1) is 17.1. The Morgan fingerprint density at radius 2 is 1.95 bits per heavy atom. The molecule has 0 amide bonds. The third kappa shape index (κ3) is 5.18. The molecule has 20 heavy (non-hydrogen) atoms. The van der Waals surface area contributed by atoms with Gasteiger partial charge < -0.3 is 5.32 Å². The van der Waals surface area contributed by atoms with E-state index in [1.165, 1.54) is 11.1 Å². The highest BCUT2D eigenvalue weighted by Crippen LogP contribution is 2.15. The van der Waals surface area contributed by atoms with Gasteiger partial charge in [-0.05, 0) is 37.5 Å². The van der Waals surface area contributed by atoms with E-state index < -0.39 is 0 Å². The first-order valence-corrected chi connectivity index (χ1v) is 7.81. The molecule has 0 fully saturated rings. The first-order valence-electron chi connectivity index (χ1n) is 6.89. The highest BCUT2D eigenvalue weighted by molar-refractivity contribution is 6.31. The Bertz CT molecular complexity index is 473. The summed E-state index contributed by atoms with van der Waals surface area (Å²) in [7, 11) is 0. The summed E-state index contributed by atoms with van der Waals surface area (Å²) in [6.07, 6.45) is 3.91. The van der Waals surface area contributed by atoms with Crippen LogP contribution in [0.3, 0.4) is 0 Å². The van der Waals surface area contributed by atoms with Crippen molar-refractivity contribution >= 4 is 29.0 Å².